The maximum Gasteiger partial charge on any atom is 0.305 e. The number of anilines is 1. The van der Waals surface area contributed by atoms with Crippen molar-refractivity contribution in [2.24, 2.45) is 0 Å². The van der Waals surface area contributed by atoms with Crippen LogP contribution in [-0.4, -0.2) is 57.6 Å². The van der Waals surface area contributed by atoms with Gasteiger partial charge < -0.3 is 15.3 Å². The number of aliphatic carboxylic acids is 1. The van der Waals surface area contributed by atoms with Crippen LogP contribution in [0.1, 0.15) is 50.8 Å². The maximum absolute atomic E-state index is 13.5. The Labute approximate surface area is 192 Å². The van der Waals surface area contributed by atoms with Gasteiger partial charge in [-0.1, -0.05) is 26.0 Å². The van der Waals surface area contributed by atoms with Crippen LogP contribution in [0, 0.1) is 5.82 Å². The van der Waals surface area contributed by atoms with Crippen LogP contribution in [-0.2, 0) is 14.8 Å². The van der Waals surface area contributed by atoms with Gasteiger partial charge in [0, 0.05) is 17.5 Å². The van der Waals surface area contributed by atoms with Crippen LogP contribution in [0.3, 0.4) is 0 Å². The number of hydrogen-bond donors (Lipinski definition) is 4. The first kappa shape index (κ1) is 26.4. The monoisotopic (exact) mass is 481 g/mol. The van der Waals surface area contributed by atoms with Crippen LogP contribution < -0.4 is 4.72 Å². The minimum absolute atomic E-state index is 0.130. The molecule has 0 aliphatic heterocycles. The summed E-state index contributed by atoms with van der Waals surface area (Å²) in [7, 11) is -3.65. The third kappa shape index (κ3) is 7.88. The average molecular weight is 482 g/mol. The predicted octanol–water partition coefficient (Wildman–Crippen LogP) is 2.77. The van der Waals surface area contributed by atoms with Crippen LogP contribution in [0.25, 0.3) is 17.3 Å². The Morgan fingerprint density at radius 3 is 2.36 bits per heavy atom. The van der Waals surface area contributed by atoms with E-state index in [1.807, 2.05) is 13.8 Å². The summed E-state index contributed by atoms with van der Waals surface area (Å²) in [6.45, 7) is 5.17. The number of carboxylic acids is 1. The highest BCUT2D eigenvalue weighted by Gasteiger charge is 2.20. The summed E-state index contributed by atoms with van der Waals surface area (Å²) in [5.41, 5.74) is 1.77. The lowest BCUT2D eigenvalue weighted by atomic mass is 9.97. The maximum atomic E-state index is 13.5. The van der Waals surface area contributed by atoms with E-state index in [1.165, 1.54) is 43.3 Å². The molecule has 1 aromatic carbocycles. The van der Waals surface area contributed by atoms with Crippen LogP contribution in [0.15, 0.2) is 30.3 Å². The zero-order chi connectivity index (χ0) is 24.8. The lowest BCUT2D eigenvalue weighted by Gasteiger charge is -2.17. The van der Waals surface area contributed by atoms with Gasteiger partial charge in [0.1, 0.15) is 5.82 Å². The SMILES string of the molecule is CCS(=O)(=O)Nc1nc(-c2ccc(F)cc2)c(/C=C/C(O)CC(O)CC(=O)O)c(C(C)C)n1. The van der Waals surface area contributed by atoms with Crippen molar-refractivity contribution in [2.75, 3.05) is 10.5 Å². The molecule has 0 saturated carbocycles. The number of aliphatic hydroxyl groups excluding tert-OH is 2. The van der Waals surface area contributed by atoms with Crippen molar-refractivity contribution >= 4 is 28.0 Å². The number of nitrogens with one attached hydrogen (secondary N) is 1. The molecule has 4 N–H and O–H groups in total. The predicted molar refractivity (Wildman–Crippen MR) is 123 cm³/mol. The van der Waals surface area contributed by atoms with E-state index in [2.05, 4.69) is 14.7 Å². The van der Waals surface area contributed by atoms with Crippen molar-refractivity contribution in [1.82, 2.24) is 9.97 Å². The van der Waals surface area contributed by atoms with Gasteiger partial charge in [-0.3, -0.25) is 9.52 Å². The quantitative estimate of drug-likeness (QED) is 0.383. The molecule has 0 aliphatic carbocycles. The van der Waals surface area contributed by atoms with Gasteiger partial charge in [-0.15, -0.1) is 0 Å². The first-order valence-electron chi connectivity index (χ1n) is 10.4. The number of nitrogens with zero attached hydrogens (tertiary/aromatic N) is 2. The molecule has 1 aromatic heterocycles. The Hall–Kier alpha value is -2.89. The van der Waals surface area contributed by atoms with E-state index in [0.717, 1.165) is 0 Å². The summed E-state index contributed by atoms with van der Waals surface area (Å²) >= 11 is 0. The Morgan fingerprint density at radius 1 is 1.18 bits per heavy atom. The number of hydrogen-bond acceptors (Lipinski definition) is 7. The average Bonchev–Trinajstić information content (AvgIpc) is 2.71. The molecule has 0 aliphatic rings. The summed E-state index contributed by atoms with van der Waals surface area (Å²) in [6.07, 6.45) is -0.175. The molecule has 0 spiro atoms. The minimum Gasteiger partial charge on any atom is -0.481 e. The lowest BCUT2D eigenvalue weighted by Crippen LogP contribution is -2.19. The molecule has 180 valence electrons. The van der Waals surface area contributed by atoms with E-state index < -0.39 is 40.4 Å². The van der Waals surface area contributed by atoms with E-state index in [4.69, 9.17) is 5.11 Å². The number of aliphatic hydroxyl groups is 2. The summed E-state index contributed by atoms with van der Waals surface area (Å²) in [5, 5.41) is 28.8. The van der Waals surface area contributed by atoms with E-state index in [-0.39, 0.29) is 24.0 Å². The second-order valence-corrected chi connectivity index (χ2v) is 9.79. The fourth-order valence-electron chi connectivity index (χ4n) is 3.03. The standard InChI is InChI=1S/C22H28FN3O6S/c1-4-33(31,32)26-22-24-20(13(2)3)18(10-9-16(27)11-17(28)12-19(29)30)21(25-22)14-5-7-15(23)8-6-14/h5-10,13,16-17,27-28H,4,11-12H2,1-3H3,(H,29,30)(H,24,25,26)/b10-9+. The van der Waals surface area contributed by atoms with Gasteiger partial charge in [0.2, 0.25) is 16.0 Å². The van der Waals surface area contributed by atoms with Gasteiger partial charge in [-0.25, -0.2) is 22.8 Å². The molecule has 2 unspecified atom stereocenters. The second kappa shape index (κ2) is 11.3. The molecular weight excluding hydrogens is 453 g/mol. The van der Waals surface area contributed by atoms with Crippen molar-refractivity contribution in [3.8, 4) is 11.3 Å². The van der Waals surface area contributed by atoms with Gasteiger partial charge in [0.25, 0.3) is 0 Å². The number of carboxylic acid groups (broad SMARTS) is 1. The third-order valence-corrected chi connectivity index (χ3v) is 5.93. The smallest absolute Gasteiger partial charge is 0.305 e. The largest absolute Gasteiger partial charge is 0.481 e. The van der Waals surface area contributed by atoms with E-state index in [0.29, 0.717) is 22.5 Å². The van der Waals surface area contributed by atoms with Crippen LogP contribution in [0.4, 0.5) is 10.3 Å². The molecule has 9 nitrogen and oxygen atoms in total. The van der Waals surface area contributed by atoms with Gasteiger partial charge in [0.05, 0.1) is 35.8 Å². The molecule has 2 rings (SSSR count). The molecule has 2 aromatic rings. The van der Waals surface area contributed by atoms with E-state index in [1.54, 1.807) is 0 Å². The van der Waals surface area contributed by atoms with Gasteiger partial charge in [0.15, 0.2) is 0 Å². The number of rotatable bonds is 11. The Morgan fingerprint density at radius 2 is 1.82 bits per heavy atom. The molecule has 0 amide bonds. The number of halogens is 1. The Balaban J connectivity index is 2.56. The number of carbonyl (C=O) groups is 1. The van der Waals surface area contributed by atoms with Gasteiger partial charge >= 0.3 is 5.97 Å². The fourth-order valence-corrected chi connectivity index (χ4v) is 3.54. The lowest BCUT2D eigenvalue weighted by molar-refractivity contribution is -0.139. The van der Waals surface area contributed by atoms with Gasteiger partial charge in [-0.05, 0) is 37.1 Å². The molecule has 2 atom stereocenters. The van der Waals surface area contributed by atoms with Crippen molar-refractivity contribution in [2.45, 2.75) is 51.7 Å². The Bertz CT molecular complexity index is 1100. The van der Waals surface area contributed by atoms with Crippen LogP contribution >= 0.6 is 0 Å². The zero-order valence-electron chi connectivity index (χ0n) is 18.6. The van der Waals surface area contributed by atoms with Crippen LogP contribution in [0.5, 0.6) is 0 Å². The summed E-state index contributed by atoms with van der Waals surface area (Å²) < 4.78 is 40.0. The first-order chi connectivity index (χ1) is 15.4. The normalized spacial score (nSPS) is 13.9. The van der Waals surface area contributed by atoms with Crippen molar-refractivity contribution in [1.29, 1.82) is 0 Å². The van der Waals surface area contributed by atoms with Crippen molar-refractivity contribution < 1.29 is 32.9 Å². The molecule has 11 heteroatoms. The Kier molecular flexibility index (Phi) is 9.03. The highest BCUT2D eigenvalue weighted by Crippen LogP contribution is 2.31. The molecule has 0 saturated heterocycles. The summed E-state index contributed by atoms with van der Waals surface area (Å²) in [5.74, 6) is -2.12. The number of benzene rings is 1. The van der Waals surface area contributed by atoms with E-state index >= 15 is 0 Å². The minimum atomic E-state index is -3.65. The molecule has 1 heterocycles. The van der Waals surface area contributed by atoms with Crippen molar-refractivity contribution in [3.63, 3.8) is 0 Å². The molecule has 33 heavy (non-hydrogen) atoms. The van der Waals surface area contributed by atoms with Crippen molar-refractivity contribution in [3.05, 3.63) is 47.4 Å². The topological polar surface area (TPSA) is 150 Å². The summed E-state index contributed by atoms with van der Waals surface area (Å²) in [6, 6.07) is 5.47. The molecule has 0 radical (unpaired) electrons. The second-order valence-electron chi connectivity index (χ2n) is 7.78. The molecule has 0 bridgehead atoms. The highest BCUT2D eigenvalue weighted by molar-refractivity contribution is 7.92. The summed E-state index contributed by atoms with van der Waals surface area (Å²) in [4.78, 5) is 19.4. The molecular formula is C22H28FN3O6S. The third-order valence-electron chi connectivity index (χ3n) is 4.68. The zero-order valence-corrected chi connectivity index (χ0v) is 19.4. The van der Waals surface area contributed by atoms with E-state index in [9.17, 15) is 27.8 Å². The molecule has 0 fully saturated rings. The van der Waals surface area contributed by atoms with Crippen LogP contribution in [0.2, 0.25) is 0 Å². The highest BCUT2D eigenvalue weighted by atomic mass is 32.2. The fraction of sp³-hybridized carbons (Fsp3) is 0.409. The number of aromatic nitrogens is 2. The first-order valence-corrected chi connectivity index (χ1v) is 12.0. The number of sulfonamides is 1. The van der Waals surface area contributed by atoms with Gasteiger partial charge in [-0.2, -0.15) is 0 Å².